The van der Waals surface area contributed by atoms with Crippen molar-refractivity contribution in [1.29, 1.82) is 0 Å². The number of carboxylic acid groups (broad SMARTS) is 2. The summed E-state index contributed by atoms with van der Waals surface area (Å²) >= 11 is 0. The Balaban J connectivity index is -0.000000149. The Morgan fingerprint density at radius 2 is 1.30 bits per heavy atom. The van der Waals surface area contributed by atoms with E-state index in [1.165, 1.54) is 6.92 Å². The number of aldehydes is 1. The van der Waals surface area contributed by atoms with Gasteiger partial charge in [-0.15, -0.1) is 0 Å². The highest BCUT2D eigenvalue weighted by molar-refractivity contribution is 5.71. The third-order valence-corrected chi connectivity index (χ3v) is 2.09. The van der Waals surface area contributed by atoms with Crippen LogP contribution < -0.4 is 5.73 Å². The monoisotopic (exact) mass is 403 g/mol. The molecule has 0 aliphatic carbocycles. The van der Waals surface area contributed by atoms with Crippen LogP contribution in [0.1, 0.15) is 27.2 Å². The highest BCUT2D eigenvalue weighted by Gasteiger charge is 2.29. The molecule has 0 radical (unpaired) electrons. The van der Waals surface area contributed by atoms with Gasteiger partial charge in [-0.25, -0.2) is 4.79 Å². The van der Waals surface area contributed by atoms with E-state index in [9.17, 15) is 14.4 Å². The zero-order valence-corrected chi connectivity index (χ0v) is 15.2. The first kappa shape index (κ1) is 32.5. The van der Waals surface area contributed by atoms with Gasteiger partial charge in [0.1, 0.15) is 24.4 Å². The van der Waals surface area contributed by atoms with Crippen LogP contribution in [0.25, 0.3) is 0 Å². The third kappa shape index (κ3) is 28.9. The Bertz CT molecular complexity index is 397. The van der Waals surface area contributed by atoms with E-state index in [0.29, 0.717) is 0 Å². The minimum absolute atomic E-state index is 0.0258. The van der Waals surface area contributed by atoms with Gasteiger partial charge in [-0.2, -0.15) is 0 Å². The molecule has 13 nitrogen and oxygen atoms in total. The molecule has 1 unspecified atom stereocenters. The van der Waals surface area contributed by atoms with E-state index in [4.69, 9.17) is 45.6 Å². The number of nitrogens with two attached hydrogens (primary N) is 1. The Labute approximate surface area is 155 Å². The molecule has 0 heterocycles. The fraction of sp³-hybridized carbons (Fsp3) is 0.714. The van der Waals surface area contributed by atoms with Gasteiger partial charge in [0.15, 0.2) is 12.4 Å². The number of rotatable bonds is 7. The normalized spacial score (nSPS) is 14.7. The molecule has 0 aliphatic heterocycles. The Morgan fingerprint density at radius 3 is 1.44 bits per heavy atom. The second kappa shape index (κ2) is 20.2. The first-order chi connectivity index (χ1) is 12.2. The third-order valence-electron chi connectivity index (χ3n) is 2.09. The summed E-state index contributed by atoms with van der Waals surface area (Å²) in [6.07, 6.45) is -7.75. The van der Waals surface area contributed by atoms with Crippen molar-refractivity contribution in [1.82, 2.24) is 0 Å². The molecular weight excluding hydrogens is 374 g/mol. The first-order valence-electron chi connectivity index (χ1n) is 7.34. The van der Waals surface area contributed by atoms with Gasteiger partial charge in [0, 0.05) is 13.8 Å². The average Bonchev–Trinajstić information content (AvgIpc) is 2.57. The van der Waals surface area contributed by atoms with Gasteiger partial charge in [-0.1, -0.05) is 6.92 Å². The van der Waals surface area contributed by atoms with Gasteiger partial charge in [-0.3, -0.25) is 9.59 Å². The van der Waals surface area contributed by atoms with Gasteiger partial charge < -0.3 is 51.4 Å². The molecule has 0 aromatic carbocycles. The molecule has 0 spiro atoms. The molecule has 0 bridgehead atoms. The van der Waals surface area contributed by atoms with Crippen LogP contribution in [0.4, 0.5) is 0 Å². The Hall–Kier alpha value is -2.16. The number of hydrogen-bond donors (Lipinski definition) is 9. The van der Waals surface area contributed by atoms with Crippen LogP contribution in [0.5, 0.6) is 0 Å². The standard InChI is InChI=1S/C6H12O6.C4H8O3.C2H5NO.C2H4O2/c7-1-3(9)5(11)6(12)4(10)2-8;1-2-3(5)4(6)7;2*1-2(3)4/h1,3-6,8-12H,2H2;3,5H,2H2,1H3,(H,6,7);1H3,(H2,3,4);1H3,(H,3,4)/t3-,4+,5+,6+;;;/m0.../s1. The van der Waals surface area contributed by atoms with Gasteiger partial charge in [0.05, 0.1) is 6.61 Å². The molecule has 10 N–H and O–H groups in total. The SMILES string of the molecule is CC(=O)O.CC(N)=O.CCC(O)C(=O)O.O=C[C@H](O)[C@@H](O)[C@H](O)[C@H](O)CO. The zero-order chi connectivity index (χ0) is 22.7. The minimum Gasteiger partial charge on any atom is -0.481 e. The van der Waals surface area contributed by atoms with Crippen molar-refractivity contribution < 1.29 is 60.0 Å². The number of carboxylic acids is 2. The van der Waals surface area contributed by atoms with Crippen molar-refractivity contribution >= 4 is 24.1 Å². The molecule has 0 rings (SSSR count). The van der Waals surface area contributed by atoms with Crippen LogP contribution in [-0.2, 0) is 19.2 Å². The van der Waals surface area contributed by atoms with Crippen LogP contribution in [0, 0.1) is 0 Å². The maximum atomic E-state index is 9.90. The predicted molar refractivity (Wildman–Crippen MR) is 89.3 cm³/mol. The molecule has 0 aromatic heterocycles. The van der Waals surface area contributed by atoms with Crippen LogP contribution in [0.2, 0.25) is 0 Å². The van der Waals surface area contributed by atoms with Gasteiger partial charge in [0.25, 0.3) is 5.97 Å². The molecule has 27 heavy (non-hydrogen) atoms. The minimum atomic E-state index is -1.79. The van der Waals surface area contributed by atoms with Crippen molar-refractivity contribution in [3.8, 4) is 0 Å². The molecule has 162 valence electrons. The van der Waals surface area contributed by atoms with Crippen LogP contribution in [0.3, 0.4) is 0 Å². The lowest BCUT2D eigenvalue weighted by Crippen LogP contribution is -2.46. The van der Waals surface area contributed by atoms with Crippen LogP contribution in [0.15, 0.2) is 0 Å². The molecule has 0 aromatic rings. The number of amides is 1. The summed E-state index contributed by atoms with van der Waals surface area (Å²) in [5, 5.41) is 67.2. The largest absolute Gasteiger partial charge is 0.481 e. The highest BCUT2D eigenvalue weighted by Crippen LogP contribution is 2.02. The summed E-state index contributed by atoms with van der Waals surface area (Å²) in [5.74, 6) is -2.32. The van der Waals surface area contributed by atoms with Crippen molar-refractivity contribution in [2.45, 2.75) is 57.7 Å². The second-order valence-electron chi connectivity index (χ2n) is 4.75. The summed E-state index contributed by atoms with van der Waals surface area (Å²) in [6.45, 7) is 3.24. The van der Waals surface area contributed by atoms with Gasteiger partial charge in [0.2, 0.25) is 5.91 Å². The zero-order valence-electron chi connectivity index (χ0n) is 15.2. The maximum Gasteiger partial charge on any atom is 0.332 e. The van der Waals surface area contributed by atoms with Crippen molar-refractivity contribution in [2.24, 2.45) is 5.73 Å². The summed E-state index contributed by atoms with van der Waals surface area (Å²) in [5.41, 5.74) is 4.47. The molecule has 1 amide bonds. The number of aliphatic hydroxyl groups excluding tert-OH is 6. The lowest BCUT2D eigenvalue weighted by molar-refractivity contribution is -0.146. The fourth-order valence-electron chi connectivity index (χ4n) is 0.793. The number of carbonyl (C=O) groups excluding carboxylic acids is 2. The Kier molecular flexibility index (Phi) is 24.3. The Morgan fingerprint density at radius 1 is 0.963 bits per heavy atom. The van der Waals surface area contributed by atoms with E-state index >= 15 is 0 Å². The average molecular weight is 403 g/mol. The number of hydrogen-bond acceptors (Lipinski definition) is 10. The summed E-state index contributed by atoms with van der Waals surface area (Å²) < 4.78 is 0. The molecule has 0 aliphatic rings. The van der Waals surface area contributed by atoms with Gasteiger partial charge >= 0.3 is 5.97 Å². The first-order valence-corrected chi connectivity index (χ1v) is 7.34. The number of primary amides is 1. The molecule has 5 atom stereocenters. The van der Waals surface area contributed by atoms with Gasteiger partial charge in [-0.05, 0) is 6.42 Å². The van der Waals surface area contributed by atoms with Crippen molar-refractivity contribution in [2.75, 3.05) is 6.61 Å². The summed E-state index contributed by atoms with van der Waals surface area (Å²) in [6, 6.07) is 0. The molecule has 13 heteroatoms. The quantitative estimate of drug-likeness (QED) is 0.184. The summed E-state index contributed by atoms with van der Waals surface area (Å²) in [4.78, 5) is 37.8. The van der Waals surface area contributed by atoms with E-state index in [2.05, 4.69) is 5.73 Å². The number of aliphatic carboxylic acids is 2. The van der Waals surface area contributed by atoms with E-state index in [-0.39, 0.29) is 18.6 Å². The lowest BCUT2D eigenvalue weighted by Gasteiger charge is -2.22. The molecule has 0 saturated carbocycles. The number of carbonyl (C=O) groups is 4. The van der Waals surface area contributed by atoms with E-state index in [1.807, 2.05) is 0 Å². The lowest BCUT2D eigenvalue weighted by atomic mass is 10.0. The van der Waals surface area contributed by atoms with E-state index in [1.54, 1.807) is 6.92 Å². The molecule has 0 fully saturated rings. The topological polar surface area (TPSA) is 256 Å². The second-order valence-corrected chi connectivity index (χ2v) is 4.75. The van der Waals surface area contributed by atoms with Crippen molar-refractivity contribution in [3.05, 3.63) is 0 Å². The van der Waals surface area contributed by atoms with Crippen LogP contribution in [-0.4, -0.2) is 102 Å². The molecule has 0 saturated heterocycles. The highest BCUT2D eigenvalue weighted by atomic mass is 16.4. The number of aliphatic hydroxyl groups is 6. The maximum absolute atomic E-state index is 9.90. The molecular formula is C14H29NO12. The summed E-state index contributed by atoms with van der Waals surface area (Å²) in [7, 11) is 0. The van der Waals surface area contributed by atoms with E-state index < -0.39 is 49.1 Å². The van der Waals surface area contributed by atoms with E-state index in [0.717, 1.165) is 6.92 Å². The smallest absolute Gasteiger partial charge is 0.332 e. The predicted octanol–water partition coefficient (Wildman–Crippen LogP) is -3.95. The van der Waals surface area contributed by atoms with Crippen LogP contribution >= 0.6 is 0 Å². The van der Waals surface area contributed by atoms with Crippen molar-refractivity contribution in [3.63, 3.8) is 0 Å². The fourth-order valence-corrected chi connectivity index (χ4v) is 0.793.